The fraction of sp³-hybridized carbons (Fsp3) is 0.333. The van der Waals surface area contributed by atoms with Crippen LogP contribution in [0.2, 0.25) is 0 Å². The van der Waals surface area contributed by atoms with Crippen molar-refractivity contribution in [3.63, 3.8) is 0 Å². The number of rotatable bonds is 8. The van der Waals surface area contributed by atoms with E-state index < -0.39 is 0 Å². The molecule has 0 saturated heterocycles. The summed E-state index contributed by atoms with van der Waals surface area (Å²) in [7, 11) is 4.97. The van der Waals surface area contributed by atoms with Gasteiger partial charge in [-0.2, -0.15) is 0 Å². The lowest BCUT2D eigenvalue weighted by Gasteiger charge is -2.21. The minimum absolute atomic E-state index is 0.585. The Bertz CT molecular complexity index is 1100. The summed E-state index contributed by atoms with van der Waals surface area (Å²) in [4.78, 5) is 2.37. The molecule has 0 amide bonds. The summed E-state index contributed by atoms with van der Waals surface area (Å²) in [5.74, 6) is 3.82. The predicted octanol–water partition coefficient (Wildman–Crippen LogP) is 5.17. The summed E-state index contributed by atoms with van der Waals surface area (Å²) < 4.78 is 28.9. The molecule has 0 fully saturated rings. The number of para-hydroxylation sites is 2. The standard InChI is InChI=1S/C27H31NO5/c1-5-32-23-11-7-6-9-19(23)17-28-13-14-33-26-21(18-28)15-20(16-25(26)30-3)22-10-8-12-24(29-2)27(22)31-4/h6-12,15-16H,5,13-14,17-18H2,1-4H3. The second-order valence-electron chi connectivity index (χ2n) is 7.81. The lowest BCUT2D eigenvalue weighted by Crippen LogP contribution is -2.25. The van der Waals surface area contributed by atoms with Gasteiger partial charge in [0, 0.05) is 36.3 Å². The van der Waals surface area contributed by atoms with Crippen LogP contribution in [-0.4, -0.2) is 46.0 Å². The van der Waals surface area contributed by atoms with Gasteiger partial charge in [0.05, 0.1) is 27.9 Å². The van der Waals surface area contributed by atoms with Crippen molar-refractivity contribution >= 4 is 0 Å². The van der Waals surface area contributed by atoms with Crippen molar-refractivity contribution in [2.75, 3.05) is 41.1 Å². The van der Waals surface area contributed by atoms with E-state index in [0.29, 0.717) is 30.5 Å². The molecule has 33 heavy (non-hydrogen) atoms. The van der Waals surface area contributed by atoms with Crippen LogP contribution in [0.25, 0.3) is 11.1 Å². The molecular weight excluding hydrogens is 418 g/mol. The summed E-state index contributed by atoms with van der Waals surface area (Å²) in [6.07, 6.45) is 0. The largest absolute Gasteiger partial charge is 0.494 e. The molecule has 1 heterocycles. The van der Waals surface area contributed by atoms with Crippen LogP contribution < -0.4 is 23.7 Å². The molecule has 0 radical (unpaired) electrons. The zero-order valence-electron chi connectivity index (χ0n) is 19.7. The Hall–Kier alpha value is -3.38. The van der Waals surface area contributed by atoms with Crippen molar-refractivity contribution in [1.82, 2.24) is 4.90 Å². The minimum atomic E-state index is 0.585. The fourth-order valence-corrected chi connectivity index (χ4v) is 4.27. The molecule has 6 heteroatoms. The number of methoxy groups -OCH3 is 3. The van der Waals surface area contributed by atoms with E-state index in [1.807, 2.05) is 43.3 Å². The van der Waals surface area contributed by atoms with Gasteiger partial charge < -0.3 is 23.7 Å². The Morgan fingerprint density at radius 2 is 1.67 bits per heavy atom. The molecule has 174 valence electrons. The van der Waals surface area contributed by atoms with Gasteiger partial charge in [0.25, 0.3) is 0 Å². The van der Waals surface area contributed by atoms with E-state index in [4.69, 9.17) is 23.7 Å². The molecule has 1 aliphatic heterocycles. The van der Waals surface area contributed by atoms with Gasteiger partial charge >= 0.3 is 0 Å². The van der Waals surface area contributed by atoms with E-state index in [2.05, 4.69) is 23.1 Å². The second kappa shape index (κ2) is 10.5. The van der Waals surface area contributed by atoms with Crippen LogP contribution in [0.1, 0.15) is 18.1 Å². The highest BCUT2D eigenvalue weighted by molar-refractivity contribution is 5.77. The Balaban J connectivity index is 1.70. The lowest BCUT2D eigenvalue weighted by atomic mass is 10.00. The van der Waals surface area contributed by atoms with Gasteiger partial charge in [0.1, 0.15) is 12.4 Å². The Morgan fingerprint density at radius 3 is 2.42 bits per heavy atom. The Morgan fingerprint density at radius 1 is 0.879 bits per heavy atom. The first-order chi connectivity index (χ1) is 16.2. The third kappa shape index (κ3) is 4.86. The lowest BCUT2D eigenvalue weighted by molar-refractivity contribution is 0.213. The van der Waals surface area contributed by atoms with Crippen LogP contribution in [0.15, 0.2) is 54.6 Å². The first-order valence-corrected chi connectivity index (χ1v) is 11.2. The highest BCUT2D eigenvalue weighted by atomic mass is 16.5. The van der Waals surface area contributed by atoms with Crippen LogP contribution in [0, 0.1) is 0 Å². The molecule has 0 unspecified atom stereocenters. The summed E-state index contributed by atoms with van der Waals surface area (Å²) in [5.41, 5.74) is 4.16. The van der Waals surface area contributed by atoms with Crippen LogP contribution >= 0.6 is 0 Å². The van der Waals surface area contributed by atoms with Crippen molar-refractivity contribution < 1.29 is 23.7 Å². The first kappa shape index (κ1) is 22.8. The Labute approximate surface area is 195 Å². The minimum Gasteiger partial charge on any atom is -0.494 e. The molecule has 0 aromatic heterocycles. The van der Waals surface area contributed by atoms with Crippen molar-refractivity contribution in [3.8, 4) is 39.9 Å². The molecule has 3 aromatic rings. The smallest absolute Gasteiger partial charge is 0.168 e. The molecule has 0 atom stereocenters. The van der Waals surface area contributed by atoms with Crippen molar-refractivity contribution in [1.29, 1.82) is 0 Å². The molecular formula is C27H31NO5. The molecule has 0 bridgehead atoms. The monoisotopic (exact) mass is 449 g/mol. The van der Waals surface area contributed by atoms with Crippen LogP contribution in [-0.2, 0) is 13.1 Å². The third-order valence-corrected chi connectivity index (χ3v) is 5.78. The van der Waals surface area contributed by atoms with Gasteiger partial charge in [0.15, 0.2) is 23.0 Å². The highest BCUT2D eigenvalue weighted by Crippen LogP contribution is 2.43. The molecule has 6 nitrogen and oxygen atoms in total. The molecule has 0 N–H and O–H groups in total. The van der Waals surface area contributed by atoms with Crippen LogP contribution in [0.5, 0.6) is 28.7 Å². The van der Waals surface area contributed by atoms with Crippen LogP contribution in [0.3, 0.4) is 0 Å². The van der Waals surface area contributed by atoms with Crippen molar-refractivity contribution in [2.24, 2.45) is 0 Å². The van der Waals surface area contributed by atoms with Gasteiger partial charge in [-0.1, -0.05) is 30.3 Å². The second-order valence-corrected chi connectivity index (χ2v) is 7.81. The van der Waals surface area contributed by atoms with Crippen LogP contribution in [0.4, 0.5) is 0 Å². The normalized spacial score (nSPS) is 13.5. The fourth-order valence-electron chi connectivity index (χ4n) is 4.27. The van der Waals surface area contributed by atoms with E-state index in [9.17, 15) is 0 Å². The average molecular weight is 450 g/mol. The maximum absolute atomic E-state index is 6.15. The van der Waals surface area contributed by atoms with Gasteiger partial charge in [0.2, 0.25) is 0 Å². The number of benzene rings is 3. The number of fused-ring (bicyclic) bond motifs is 1. The van der Waals surface area contributed by atoms with E-state index in [1.54, 1.807) is 21.3 Å². The molecule has 1 aliphatic rings. The maximum Gasteiger partial charge on any atom is 0.168 e. The molecule has 0 aliphatic carbocycles. The number of nitrogens with zero attached hydrogens (tertiary/aromatic N) is 1. The number of hydrogen-bond acceptors (Lipinski definition) is 6. The van der Waals surface area contributed by atoms with E-state index in [0.717, 1.165) is 47.8 Å². The number of hydrogen-bond donors (Lipinski definition) is 0. The Kier molecular flexibility index (Phi) is 7.25. The summed E-state index contributed by atoms with van der Waals surface area (Å²) in [5, 5.41) is 0. The predicted molar refractivity (Wildman–Crippen MR) is 129 cm³/mol. The average Bonchev–Trinajstić information content (AvgIpc) is 3.05. The number of ether oxygens (including phenoxy) is 5. The molecule has 0 spiro atoms. The van der Waals surface area contributed by atoms with Gasteiger partial charge in [-0.15, -0.1) is 0 Å². The summed E-state index contributed by atoms with van der Waals surface area (Å²) in [6.45, 7) is 5.54. The third-order valence-electron chi connectivity index (χ3n) is 5.78. The van der Waals surface area contributed by atoms with E-state index >= 15 is 0 Å². The SMILES string of the molecule is CCOc1ccccc1CN1CCOc2c(cc(-c3cccc(OC)c3OC)cc2OC)C1. The highest BCUT2D eigenvalue weighted by Gasteiger charge is 2.23. The summed E-state index contributed by atoms with van der Waals surface area (Å²) >= 11 is 0. The zero-order chi connectivity index (χ0) is 23.2. The molecule has 0 saturated carbocycles. The van der Waals surface area contributed by atoms with Crippen molar-refractivity contribution in [2.45, 2.75) is 20.0 Å². The van der Waals surface area contributed by atoms with Crippen molar-refractivity contribution in [3.05, 3.63) is 65.7 Å². The van der Waals surface area contributed by atoms with Gasteiger partial charge in [-0.05, 0) is 36.8 Å². The topological polar surface area (TPSA) is 49.4 Å². The quantitative estimate of drug-likeness (QED) is 0.473. The summed E-state index contributed by atoms with van der Waals surface area (Å²) in [6, 6.07) is 18.2. The van der Waals surface area contributed by atoms with E-state index in [1.165, 1.54) is 5.56 Å². The first-order valence-electron chi connectivity index (χ1n) is 11.2. The van der Waals surface area contributed by atoms with Gasteiger partial charge in [-0.25, -0.2) is 0 Å². The maximum atomic E-state index is 6.15. The zero-order valence-corrected chi connectivity index (χ0v) is 19.7. The molecule has 3 aromatic carbocycles. The molecule has 4 rings (SSSR count). The van der Waals surface area contributed by atoms with E-state index in [-0.39, 0.29) is 0 Å². The van der Waals surface area contributed by atoms with Gasteiger partial charge in [-0.3, -0.25) is 4.90 Å².